The fraction of sp³-hybridized carbons (Fsp3) is 0.100. The molecule has 0 aliphatic heterocycles. The Labute approximate surface area is 100 Å². The van der Waals surface area contributed by atoms with Crippen LogP contribution in [0.4, 0.5) is 0 Å². The Morgan fingerprint density at radius 3 is 2.28 bits per heavy atom. The average molecular weight is 251 g/mol. The smallest absolute Gasteiger partial charge is 0.356 e. The Kier molecular flexibility index (Phi) is 2.96. The lowest BCUT2D eigenvalue weighted by atomic mass is 10.2. The minimum absolute atomic E-state index is 0.0302. The number of carboxylic acids is 1. The van der Waals surface area contributed by atoms with Crippen LogP contribution >= 0.6 is 0 Å². The van der Waals surface area contributed by atoms with E-state index in [9.17, 15) is 15.0 Å². The van der Waals surface area contributed by atoms with Crippen LogP contribution in [0.3, 0.4) is 0 Å². The minimum atomic E-state index is -1.29. The van der Waals surface area contributed by atoms with Crippen LogP contribution in [0.5, 0.6) is 11.5 Å². The third-order valence-electron chi connectivity index (χ3n) is 2.26. The molecule has 0 aliphatic carbocycles. The Hall–Kier alpha value is -2.45. The molecule has 2 aromatic rings. The normalized spacial score (nSPS) is 10.7. The maximum absolute atomic E-state index is 11.0. The molecule has 94 valence electrons. The lowest BCUT2D eigenvalue weighted by Gasteiger charge is -2.06. The SMILES string of the molecule is NOCc1nc2cc(O)c(O)cc2nc1C(=O)O. The summed E-state index contributed by atoms with van der Waals surface area (Å²) < 4.78 is 0. The van der Waals surface area contributed by atoms with E-state index in [1.54, 1.807) is 0 Å². The minimum Gasteiger partial charge on any atom is -0.504 e. The first kappa shape index (κ1) is 12.0. The van der Waals surface area contributed by atoms with Gasteiger partial charge in [0, 0.05) is 12.1 Å². The lowest BCUT2D eigenvalue weighted by Crippen LogP contribution is -2.11. The van der Waals surface area contributed by atoms with Crippen molar-refractivity contribution in [2.45, 2.75) is 6.61 Å². The summed E-state index contributed by atoms with van der Waals surface area (Å²) in [7, 11) is 0. The van der Waals surface area contributed by atoms with E-state index in [1.165, 1.54) is 6.07 Å². The first-order valence-electron chi connectivity index (χ1n) is 4.80. The summed E-state index contributed by atoms with van der Waals surface area (Å²) in [4.78, 5) is 23.1. The number of nitrogens with two attached hydrogens (primary N) is 1. The molecule has 18 heavy (non-hydrogen) atoms. The second-order valence-electron chi connectivity index (χ2n) is 3.46. The molecular formula is C10H9N3O5. The number of phenols is 2. The average Bonchev–Trinajstić information content (AvgIpc) is 2.30. The second-order valence-corrected chi connectivity index (χ2v) is 3.46. The fourth-order valence-corrected chi connectivity index (χ4v) is 1.47. The van der Waals surface area contributed by atoms with Crippen molar-refractivity contribution in [2.75, 3.05) is 0 Å². The van der Waals surface area contributed by atoms with Gasteiger partial charge in [0.25, 0.3) is 0 Å². The topological polar surface area (TPSA) is 139 Å². The van der Waals surface area contributed by atoms with E-state index in [0.717, 1.165) is 6.07 Å². The number of benzene rings is 1. The van der Waals surface area contributed by atoms with Gasteiger partial charge in [-0.1, -0.05) is 0 Å². The summed E-state index contributed by atoms with van der Waals surface area (Å²) in [5.74, 6) is 2.81. The van der Waals surface area contributed by atoms with Gasteiger partial charge in [-0.3, -0.25) is 4.84 Å². The van der Waals surface area contributed by atoms with Gasteiger partial charge in [0.05, 0.1) is 11.0 Å². The third kappa shape index (κ3) is 2.01. The number of carbonyl (C=O) groups is 1. The van der Waals surface area contributed by atoms with Gasteiger partial charge in [0.15, 0.2) is 17.2 Å². The molecule has 8 heteroatoms. The van der Waals surface area contributed by atoms with Crippen LogP contribution in [0.25, 0.3) is 11.0 Å². The number of hydrogen-bond acceptors (Lipinski definition) is 7. The summed E-state index contributed by atoms with van der Waals surface area (Å²) in [5.41, 5.74) is 0.0754. The van der Waals surface area contributed by atoms with Gasteiger partial charge in [-0.2, -0.15) is 0 Å². The number of aromatic hydroxyl groups is 2. The van der Waals surface area contributed by atoms with E-state index >= 15 is 0 Å². The van der Waals surface area contributed by atoms with Crippen molar-refractivity contribution in [1.29, 1.82) is 0 Å². The van der Waals surface area contributed by atoms with Crippen LogP contribution in [-0.2, 0) is 11.4 Å². The summed E-state index contributed by atoms with van der Waals surface area (Å²) in [6, 6.07) is 2.29. The monoisotopic (exact) mass is 251 g/mol. The van der Waals surface area contributed by atoms with Crippen LogP contribution in [0, 0.1) is 0 Å². The molecule has 0 bridgehead atoms. The maximum atomic E-state index is 11.0. The molecule has 0 saturated heterocycles. The zero-order valence-electron chi connectivity index (χ0n) is 8.99. The molecule has 0 amide bonds. The van der Waals surface area contributed by atoms with Gasteiger partial charge in [0.1, 0.15) is 12.3 Å². The summed E-state index contributed by atoms with van der Waals surface area (Å²) in [6.07, 6.45) is 0. The van der Waals surface area contributed by atoms with Crippen LogP contribution in [0.1, 0.15) is 16.2 Å². The Balaban J connectivity index is 2.71. The summed E-state index contributed by atoms with van der Waals surface area (Å²) in [6.45, 7) is -0.230. The van der Waals surface area contributed by atoms with E-state index in [2.05, 4.69) is 14.8 Å². The number of carboxylic acid groups (broad SMARTS) is 1. The molecule has 1 aromatic heterocycles. The van der Waals surface area contributed by atoms with Crippen LogP contribution in [0.2, 0.25) is 0 Å². The molecule has 0 unspecified atom stereocenters. The number of fused-ring (bicyclic) bond motifs is 1. The number of aromatic carboxylic acids is 1. The van der Waals surface area contributed by atoms with Crippen molar-refractivity contribution in [1.82, 2.24) is 9.97 Å². The van der Waals surface area contributed by atoms with Crippen molar-refractivity contribution >= 4 is 17.0 Å². The van der Waals surface area contributed by atoms with E-state index in [0.29, 0.717) is 0 Å². The van der Waals surface area contributed by atoms with E-state index in [-0.39, 0.29) is 34.8 Å². The fourth-order valence-electron chi connectivity index (χ4n) is 1.47. The molecule has 0 aliphatic rings. The maximum Gasteiger partial charge on any atom is 0.356 e. The quantitative estimate of drug-likeness (QED) is 0.446. The molecule has 0 radical (unpaired) electrons. The lowest BCUT2D eigenvalue weighted by molar-refractivity contribution is 0.0679. The van der Waals surface area contributed by atoms with Crippen molar-refractivity contribution < 1.29 is 25.0 Å². The largest absolute Gasteiger partial charge is 0.504 e. The van der Waals surface area contributed by atoms with E-state index in [4.69, 9.17) is 11.0 Å². The zero-order chi connectivity index (χ0) is 13.3. The van der Waals surface area contributed by atoms with Crippen LogP contribution in [0.15, 0.2) is 12.1 Å². The van der Waals surface area contributed by atoms with Crippen molar-refractivity contribution in [3.8, 4) is 11.5 Å². The van der Waals surface area contributed by atoms with Gasteiger partial charge in [-0.05, 0) is 0 Å². The zero-order valence-corrected chi connectivity index (χ0v) is 8.99. The molecule has 0 fully saturated rings. The predicted octanol–water partition coefficient (Wildman–Crippen LogP) is 0.129. The highest BCUT2D eigenvalue weighted by Gasteiger charge is 2.16. The molecule has 2 rings (SSSR count). The van der Waals surface area contributed by atoms with Gasteiger partial charge in [-0.25, -0.2) is 20.7 Å². The van der Waals surface area contributed by atoms with Gasteiger partial charge >= 0.3 is 5.97 Å². The van der Waals surface area contributed by atoms with Gasteiger partial charge in [0.2, 0.25) is 0 Å². The number of phenolic OH excluding ortho intramolecular Hbond substituents is 2. The molecule has 0 saturated carbocycles. The van der Waals surface area contributed by atoms with Crippen molar-refractivity contribution in [2.24, 2.45) is 5.90 Å². The predicted molar refractivity (Wildman–Crippen MR) is 58.8 cm³/mol. The molecule has 1 aromatic carbocycles. The van der Waals surface area contributed by atoms with E-state index < -0.39 is 11.7 Å². The third-order valence-corrected chi connectivity index (χ3v) is 2.26. The van der Waals surface area contributed by atoms with Gasteiger partial charge in [-0.15, -0.1) is 0 Å². The molecule has 0 spiro atoms. The first-order valence-corrected chi connectivity index (χ1v) is 4.80. The molecule has 0 atom stereocenters. The number of rotatable bonds is 3. The number of aromatic nitrogens is 2. The highest BCUT2D eigenvalue weighted by molar-refractivity contribution is 5.90. The first-order chi connectivity index (χ1) is 8.52. The molecule has 5 N–H and O–H groups in total. The second kappa shape index (κ2) is 4.43. The van der Waals surface area contributed by atoms with Crippen LogP contribution < -0.4 is 5.90 Å². The van der Waals surface area contributed by atoms with Crippen molar-refractivity contribution in [3.63, 3.8) is 0 Å². The van der Waals surface area contributed by atoms with Gasteiger partial charge < -0.3 is 15.3 Å². The molecule has 1 heterocycles. The Bertz CT molecular complexity index is 628. The molecule has 8 nitrogen and oxygen atoms in total. The number of nitrogens with zero attached hydrogens (tertiary/aromatic N) is 2. The Morgan fingerprint density at radius 2 is 1.78 bits per heavy atom. The van der Waals surface area contributed by atoms with E-state index in [1.807, 2.05) is 0 Å². The molecular weight excluding hydrogens is 242 g/mol. The summed E-state index contributed by atoms with van der Waals surface area (Å²) in [5, 5.41) is 27.6. The Morgan fingerprint density at radius 1 is 1.22 bits per heavy atom. The summed E-state index contributed by atoms with van der Waals surface area (Å²) >= 11 is 0. The highest BCUT2D eigenvalue weighted by Crippen LogP contribution is 2.28. The standard InChI is InChI=1S/C10H9N3O5/c11-18-3-6-9(10(16)17)13-5-2-8(15)7(14)1-4(5)12-6/h1-2,14-15H,3,11H2,(H,16,17). The highest BCUT2D eigenvalue weighted by atomic mass is 16.6. The number of hydrogen-bond donors (Lipinski definition) is 4. The van der Waals surface area contributed by atoms with Crippen molar-refractivity contribution in [3.05, 3.63) is 23.5 Å². The van der Waals surface area contributed by atoms with Crippen LogP contribution in [-0.4, -0.2) is 31.3 Å².